The van der Waals surface area contributed by atoms with Gasteiger partial charge in [-0.05, 0) is 83.6 Å². The third-order valence-corrected chi connectivity index (χ3v) is 10.2. The molecule has 6 heteroatoms. The molecular weight excluding hydrogens is 592 g/mol. The number of hydrogen-bond acceptors (Lipinski definition) is 5. The largest absolute Gasteiger partial charge is 0.453 e. The number of rotatable bonds is 2. The molecule has 2 bridgehead atoms. The monoisotopic (exact) mass is 618 g/mol. The molecule has 0 spiro atoms. The fraction of sp³-hybridized carbons (Fsp3) is 0.0952. The van der Waals surface area contributed by atoms with Crippen LogP contribution in [0.2, 0.25) is 0 Å². The van der Waals surface area contributed by atoms with Crippen LogP contribution < -0.4 is 19.3 Å². The van der Waals surface area contributed by atoms with Crippen LogP contribution in [0.4, 0.5) is 39.8 Å². The number of para-hydroxylation sites is 8. The maximum atomic E-state index is 11.2. The van der Waals surface area contributed by atoms with Crippen LogP contribution >= 0.6 is 0 Å². The van der Waals surface area contributed by atoms with E-state index in [9.17, 15) is 5.26 Å². The standard InChI is InChI=1S/C42H26N4O2/c1-44-40-29(24-43)41(45-30-14-4-8-18-34(30)47-35-19-9-5-15-31(35)45)38-27-22-23-28(26-13-3-2-12-25(26)27)39(38)42(40)46-32-16-6-10-20-36(32)48-37-21-11-7-17-33(37)46/h2-21,27-28H,22-23H2. The number of benzene rings is 6. The Bertz CT molecular complexity index is 2180. The second-order valence-electron chi connectivity index (χ2n) is 12.5. The van der Waals surface area contributed by atoms with E-state index in [2.05, 4.69) is 45.0 Å². The third-order valence-electron chi connectivity index (χ3n) is 10.2. The smallest absolute Gasteiger partial charge is 0.230 e. The minimum Gasteiger partial charge on any atom is -0.453 e. The van der Waals surface area contributed by atoms with E-state index in [0.29, 0.717) is 34.2 Å². The van der Waals surface area contributed by atoms with Crippen LogP contribution in [0.3, 0.4) is 0 Å². The summed E-state index contributed by atoms with van der Waals surface area (Å²) < 4.78 is 12.8. The third kappa shape index (κ3) is 3.49. The van der Waals surface area contributed by atoms with E-state index < -0.39 is 0 Å². The van der Waals surface area contributed by atoms with Crippen LogP contribution in [0.5, 0.6) is 23.0 Å². The van der Waals surface area contributed by atoms with Crippen LogP contribution in [-0.4, -0.2) is 0 Å². The number of nitriles is 1. The summed E-state index contributed by atoms with van der Waals surface area (Å²) in [5.41, 5.74) is 10.4. The lowest BCUT2D eigenvalue weighted by molar-refractivity contribution is 0.475. The van der Waals surface area contributed by atoms with Gasteiger partial charge in [-0.3, -0.25) is 0 Å². The van der Waals surface area contributed by atoms with E-state index >= 15 is 0 Å². The van der Waals surface area contributed by atoms with Crippen molar-refractivity contribution in [2.75, 3.05) is 9.80 Å². The molecule has 0 amide bonds. The summed E-state index contributed by atoms with van der Waals surface area (Å²) >= 11 is 0. The molecule has 11 rings (SSSR count). The van der Waals surface area contributed by atoms with Gasteiger partial charge in [-0.25, -0.2) is 4.85 Å². The van der Waals surface area contributed by atoms with Crippen molar-refractivity contribution in [3.8, 4) is 29.1 Å². The zero-order valence-electron chi connectivity index (χ0n) is 25.7. The minimum atomic E-state index is 0.0375. The first-order valence-electron chi connectivity index (χ1n) is 16.2. The SMILES string of the molecule is [C-]#[N+]c1c(C#N)c(N2c3ccccc3Oc3ccccc32)c2c(c1N1c3ccccc3Oc3ccccc31)C1CCC2c2ccccc21. The van der Waals surface area contributed by atoms with Crippen molar-refractivity contribution in [3.05, 3.63) is 161 Å². The molecule has 0 radical (unpaired) electrons. The van der Waals surface area contributed by atoms with Gasteiger partial charge in [0.15, 0.2) is 23.0 Å². The molecule has 0 saturated carbocycles. The van der Waals surface area contributed by atoms with Crippen molar-refractivity contribution in [2.24, 2.45) is 0 Å². The van der Waals surface area contributed by atoms with Gasteiger partial charge in [-0.1, -0.05) is 72.8 Å². The first-order valence-corrected chi connectivity index (χ1v) is 16.2. The van der Waals surface area contributed by atoms with Crippen molar-refractivity contribution in [1.29, 1.82) is 5.26 Å². The molecular formula is C42H26N4O2. The first-order chi connectivity index (χ1) is 23.8. The van der Waals surface area contributed by atoms with Gasteiger partial charge in [-0.15, -0.1) is 0 Å². The lowest BCUT2D eigenvalue weighted by Gasteiger charge is -2.47. The number of fused-ring (bicyclic) bond motifs is 5. The molecule has 0 aromatic heterocycles. The lowest BCUT2D eigenvalue weighted by atomic mass is 9.62. The molecule has 0 N–H and O–H groups in total. The highest BCUT2D eigenvalue weighted by molar-refractivity contribution is 6.02. The van der Waals surface area contributed by atoms with Gasteiger partial charge < -0.3 is 19.3 Å². The van der Waals surface area contributed by atoms with Crippen LogP contribution in [0.15, 0.2) is 121 Å². The molecule has 6 aromatic rings. The maximum Gasteiger partial charge on any atom is 0.230 e. The number of nitrogens with zero attached hydrogens (tertiary/aromatic N) is 4. The van der Waals surface area contributed by atoms with E-state index in [1.54, 1.807) is 0 Å². The second-order valence-corrected chi connectivity index (χ2v) is 12.5. The topological polar surface area (TPSA) is 53.1 Å². The molecule has 2 heterocycles. The van der Waals surface area contributed by atoms with Gasteiger partial charge in [0.25, 0.3) is 0 Å². The van der Waals surface area contributed by atoms with Crippen LogP contribution in [0.1, 0.15) is 52.5 Å². The highest BCUT2D eigenvalue weighted by Gasteiger charge is 2.46. The predicted molar refractivity (Wildman–Crippen MR) is 186 cm³/mol. The average Bonchev–Trinajstić information content (AvgIpc) is 3.15. The molecule has 6 nitrogen and oxygen atoms in total. The summed E-state index contributed by atoms with van der Waals surface area (Å²) in [4.78, 5) is 8.62. The van der Waals surface area contributed by atoms with Crippen molar-refractivity contribution in [2.45, 2.75) is 24.7 Å². The van der Waals surface area contributed by atoms with Gasteiger partial charge in [0, 0.05) is 11.8 Å². The summed E-state index contributed by atoms with van der Waals surface area (Å²) in [6, 6.07) is 43.1. The Morgan fingerprint density at radius 1 is 0.562 bits per heavy atom. The minimum absolute atomic E-state index is 0.0375. The molecule has 2 atom stereocenters. The molecule has 6 aromatic carbocycles. The van der Waals surface area contributed by atoms with Gasteiger partial charge in [0.05, 0.1) is 52.3 Å². The van der Waals surface area contributed by atoms with Gasteiger partial charge in [0.1, 0.15) is 0 Å². The second kappa shape index (κ2) is 10.00. The Labute approximate surface area is 278 Å². The van der Waals surface area contributed by atoms with Gasteiger partial charge in [0.2, 0.25) is 5.69 Å². The number of ether oxygens (including phenoxy) is 2. The molecule has 0 fully saturated rings. The molecule has 3 aliphatic carbocycles. The van der Waals surface area contributed by atoms with Crippen LogP contribution in [-0.2, 0) is 0 Å². The van der Waals surface area contributed by atoms with Crippen molar-refractivity contribution >= 4 is 39.8 Å². The van der Waals surface area contributed by atoms with E-state index in [-0.39, 0.29) is 11.8 Å². The first kappa shape index (κ1) is 26.7. The predicted octanol–water partition coefficient (Wildman–Crippen LogP) is 11.6. The summed E-state index contributed by atoms with van der Waals surface area (Å²) in [5.74, 6) is 2.91. The van der Waals surface area contributed by atoms with Gasteiger partial charge >= 0.3 is 0 Å². The molecule has 48 heavy (non-hydrogen) atoms. The molecule has 0 saturated heterocycles. The summed E-state index contributed by atoms with van der Waals surface area (Å²) in [6.45, 7) is 8.79. The molecule has 2 aliphatic heterocycles. The zero-order valence-corrected chi connectivity index (χ0v) is 25.7. The summed E-state index contributed by atoms with van der Waals surface area (Å²) in [5, 5.41) is 11.2. The Kier molecular flexibility index (Phi) is 5.56. The van der Waals surface area contributed by atoms with Gasteiger partial charge in [-0.2, -0.15) is 5.26 Å². The van der Waals surface area contributed by atoms with E-state index in [1.807, 2.05) is 97.1 Å². The molecule has 5 aliphatic rings. The quantitative estimate of drug-likeness (QED) is 0.180. The Hall–Kier alpha value is -6.50. The van der Waals surface area contributed by atoms with E-state index in [1.165, 1.54) is 11.1 Å². The lowest BCUT2D eigenvalue weighted by Crippen LogP contribution is -2.31. The summed E-state index contributed by atoms with van der Waals surface area (Å²) in [6.07, 6.45) is 1.90. The zero-order chi connectivity index (χ0) is 31.9. The Balaban J connectivity index is 1.38. The number of anilines is 6. The highest BCUT2D eigenvalue weighted by atomic mass is 16.5. The average molecular weight is 619 g/mol. The van der Waals surface area contributed by atoms with E-state index in [0.717, 1.165) is 58.1 Å². The summed E-state index contributed by atoms with van der Waals surface area (Å²) in [7, 11) is 0. The van der Waals surface area contributed by atoms with Crippen molar-refractivity contribution in [3.63, 3.8) is 0 Å². The maximum absolute atomic E-state index is 11.2. The fourth-order valence-electron chi connectivity index (χ4n) is 8.41. The highest BCUT2D eigenvalue weighted by Crippen LogP contribution is 2.66. The fourth-order valence-corrected chi connectivity index (χ4v) is 8.41. The van der Waals surface area contributed by atoms with E-state index in [4.69, 9.17) is 16.0 Å². The van der Waals surface area contributed by atoms with Crippen molar-refractivity contribution in [1.82, 2.24) is 0 Å². The van der Waals surface area contributed by atoms with Crippen LogP contribution in [0.25, 0.3) is 4.85 Å². The molecule has 226 valence electrons. The Morgan fingerprint density at radius 2 is 0.938 bits per heavy atom. The normalized spacial score (nSPS) is 17.2. The molecule has 2 unspecified atom stereocenters. The number of hydrogen-bond donors (Lipinski definition) is 0. The Morgan fingerprint density at radius 3 is 1.35 bits per heavy atom. The van der Waals surface area contributed by atoms with Crippen LogP contribution in [0, 0.1) is 17.9 Å². The van der Waals surface area contributed by atoms with Crippen molar-refractivity contribution < 1.29 is 9.47 Å².